The van der Waals surface area contributed by atoms with Crippen LogP contribution in [0.5, 0.6) is 0 Å². The number of hydrogen-bond acceptors (Lipinski definition) is 5. The van der Waals surface area contributed by atoms with Crippen molar-refractivity contribution in [1.29, 1.82) is 0 Å². The SMILES string of the molecule is O=C(CNc1cccc(Cl)c1)Nc1c(Cl)ccc2nc(N3CC[C@@H](O)C3)ccc12. The Balaban J connectivity index is 1.51. The first kappa shape index (κ1) is 19.8. The highest BCUT2D eigenvalue weighted by Crippen LogP contribution is 2.32. The molecule has 0 bridgehead atoms. The van der Waals surface area contributed by atoms with Gasteiger partial charge in [-0.1, -0.05) is 29.3 Å². The molecule has 29 heavy (non-hydrogen) atoms. The molecule has 1 atom stereocenters. The van der Waals surface area contributed by atoms with Crippen LogP contribution in [-0.4, -0.2) is 41.7 Å². The molecule has 3 aromatic rings. The first-order valence-corrected chi connectivity index (χ1v) is 10.1. The lowest BCUT2D eigenvalue weighted by molar-refractivity contribution is -0.114. The van der Waals surface area contributed by atoms with Crippen molar-refractivity contribution in [3.8, 4) is 0 Å². The molecular weight excluding hydrogens is 411 g/mol. The molecule has 2 aromatic carbocycles. The van der Waals surface area contributed by atoms with Crippen LogP contribution in [0.15, 0.2) is 48.5 Å². The molecule has 4 rings (SSSR count). The van der Waals surface area contributed by atoms with Gasteiger partial charge in [-0.25, -0.2) is 4.98 Å². The number of hydrogen-bond donors (Lipinski definition) is 3. The van der Waals surface area contributed by atoms with Gasteiger partial charge in [0.15, 0.2) is 0 Å². The van der Waals surface area contributed by atoms with Gasteiger partial charge in [0.2, 0.25) is 5.91 Å². The highest BCUT2D eigenvalue weighted by molar-refractivity contribution is 6.35. The van der Waals surface area contributed by atoms with E-state index >= 15 is 0 Å². The van der Waals surface area contributed by atoms with Gasteiger partial charge in [-0.3, -0.25) is 4.79 Å². The average Bonchev–Trinajstić information content (AvgIpc) is 3.15. The van der Waals surface area contributed by atoms with E-state index in [1.165, 1.54) is 0 Å². The van der Waals surface area contributed by atoms with Crippen molar-refractivity contribution >= 4 is 57.2 Å². The zero-order valence-corrected chi connectivity index (χ0v) is 17.0. The van der Waals surface area contributed by atoms with Crippen LogP contribution in [0.1, 0.15) is 6.42 Å². The van der Waals surface area contributed by atoms with E-state index in [4.69, 9.17) is 23.2 Å². The molecule has 8 heteroatoms. The fourth-order valence-electron chi connectivity index (χ4n) is 3.38. The van der Waals surface area contributed by atoms with Crippen molar-refractivity contribution in [2.24, 2.45) is 0 Å². The van der Waals surface area contributed by atoms with Crippen LogP contribution >= 0.6 is 23.2 Å². The number of β-amino-alcohol motifs (C(OH)–C–C–N with tert-alkyl or cyclic N) is 1. The van der Waals surface area contributed by atoms with Crippen molar-refractivity contribution < 1.29 is 9.90 Å². The van der Waals surface area contributed by atoms with E-state index in [2.05, 4.69) is 15.6 Å². The molecule has 150 valence electrons. The molecule has 0 radical (unpaired) electrons. The lowest BCUT2D eigenvalue weighted by Gasteiger charge is -2.18. The third kappa shape index (κ3) is 4.56. The molecular formula is C21H20Cl2N4O2. The Kier molecular flexibility index (Phi) is 5.76. The number of rotatable bonds is 5. The fourth-order valence-corrected chi connectivity index (χ4v) is 3.79. The van der Waals surface area contributed by atoms with E-state index < -0.39 is 0 Å². The van der Waals surface area contributed by atoms with Crippen LogP contribution in [0.2, 0.25) is 10.0 Å². The summed E-state index contributed by atoms with van der Waals surface area (Å²) in [5.74, 6) is 0.572. The van der Waals surface area contributed by atoms with Crippen molar-refractivity contribution in [2.45, 2.75) is 12.5 Å². The number of fused-ring (bicyclic) bond motifs is 1. The first-order valence-electron chi connectivity index (χ1n) is 9.31. The fraction of sp³-hybridized carbons (Fsp3) is 0.238. The standard InChI is InChI=1S/C21H20Cl2N4O2/c22-13-2-1-3-14(10-13)24-11-20(29)26-21-16-4-7-19(27-9-8-15(28)12-27)25-18(16)6-5-17(21)23/h1-7,10,15,24,28H,8-9,11-12H2,(H,26,29)/t15-/m1/s1. The van der Waals surface area contributed by atoms with Gasteiger partial charge in [-0.15, -0.1) is 0 Å². The van der Waals surface area contributed by atoms with Crippen molar-refractivity contribution in [2.75, 3.05) is 35.2 Å². The number of amides is 1. The predicted octanol–water partition coefficient (Wildman–Crippen LogP) is 4.16. The molecule has 1 aliphatic rings. The predicted molar refractivity (Wildman–Crippen MR) is 118 cm³/mol. The van der Waals surface area contributed by atoms with Gasteiger partial charge in [-0.05, 0) is 48.9 Å². The quantitative estimate of drug-likeness (QED) is 0.566. The van der Waals surface area contributed by atoms with E-state index in [-0.39, 0.29) is 18.6 Å². The minimum atomic E-state index is -0.320. The highest BCUT2D eigenvalue weighted by atomic mass is 35.5. The molecule has 1 aromatic heterocycles. The molecule has 0 saturated carbocycles. The van der Waals surface area contributed by atoms with Crippen molar-refractivity contribution in [1.82, 2.24) is 4.98 Å². The van der Waals surface area contributed by atoms with E-state index in [9.17, 15) is 9.90 Å². The summed E-state index contributed by atoms with van der Waals surface area (Å²) in [6.45, 7) is 1.42. The van der Waals surface area contributed by atoms with Crippen LogP contribution in [0.3, 0.4) is 0 Å². The maximum Gasteiger partial charge on any atom is 0.243 e. The molecule has 1 fully saturated rings. The molecule has 2 heterocycles. The number of aromatic nitrogens is 1. The van der Waals surface area contributed by atoms with Gasteiger partial charge in [0, 0.05) is 29.2 Å². The Morgan fingerprint density at radius 1 is 1.21 bits per heavy atom. The van der Waals surface area contributed by atoms with Gasteiger partial charge < -0.3 is 20.6 Å². The summed E-state index contributed by atoms with van der Waals surface area (Å²) in [5.41, 5.74) is 2.02. The number of aliphatic hydroxyl groups excluding tert-OH is 1. The largest absolute Gasteiger partial charge is 0.391 e. The first-order chi connectivity index (χ1) is 14.0. The van der Waals surface area contributed by atoms with Gasteiger partial charge in [0.1, 0.15) is 5.82 Å². The topological polar surface area (TPSA) is 77.5 Å². The Bertz CT molecular complexity index is 1060. The van der Waals surface area contributed by atoms with Gasteiger partial charge in [0.05, 0.1) is 28.9 Å². The minimum Gasteiger partial charge on any atom is -0.391 e. The number of anilines is 3. The van der Waals surface area contributed by atoms with E-state index in [1.54, 1.807) is 18.2 Å². The number of nitrogens with one attached hydrogen (secondary N) is 2. The lowest BCUT2D eigenvalue weighted by Crippen LogP contribution is -2.23. The monoisotopic (exact) mass is 430 g/mol. The summed E-state index contributed by atoms with van der Waals surface area (Å²) in [6, 6.07) is 14.5. The molecule has 1 aliphatic heterocycles. The lowest BCUT2D eigenvalue weighted by atomic mass is 10.1. The van der Waals surface area contributed by atoms with E-state index in [0.717, 1.165) is 35.4 Å². The van der Waals surface area contributed by atoms with E-state index in [0.29, 0.717) is 22.3 Å². The van der Waals surface area contributed by atoms with Crippen LogP contribution < -0.4 is 15.5 Å². The molecule has 0 aliphatic carbocycles. The molecule has 0 spiro atoms. The average molecular weight is 431 g/mol. The minimum absolute atomic E-state index is 0.0736. The van der Waals surface area contributed by atoms with Gasteiger partial charge in [0.25, 0.3) is 0 Å². The Morgan fingerprint density at radius 2 is 2.07 bits per heavy atom. The van der Waals surface area contributed by atoms with Crippen LogP contribution in [0, 0.1) is 0 Å². The second-order valence-electron chi connectivity index (χ2n) is 6.96. The molecule has 0 unspecified atom stereocenters. The zero-order chi connectivity index (χ0) is 20.4. The van der Waals surface area contributed by atoms with Crippen LogP contribution in [0.4, 0.5) is 17.2 Å². The van der Waals surface area contributed by atoms with Gasteiger partial charge in [-0.2, -0.15) is 0 Å². The summed E-state index contributed by atoms with van der Waals surface area (Å²) >= 11 is 12.3. The summed E-state index contributed by atoms with van der Waals surface area (Å²) in [6.07, 6.45) is 0.418. The van der Waals surface area contributed by atoms with Crippen LogP contribution in [0.25, 0.3) is 10.9 Å². The van der Waals surface area contributed by atoms with Crippen molar-refractivity contribution in [3.63, 3.8) is 0 Å². The normalized spacial score (nSPS) is 16.2. The maximum absolute atomic E-state index is 12.5. The summed E-state index contributed by atoms with van der Waals surface area (Å²) in [4.78, 5) is 19.2. The number of benzene rings is 2. The number of aliphatic hydroxyl groups is 1. The molecule has 1 amide bonds. The highest BCUT2D eigenvalue weighted by Gasteiger charge is 2.22. The van der Waals surface area contributed by atoms with Crippen LogP contribution in [-0.2, 0) is 4.79 Å². The molecule has 1 saturated heterocycles. The second-order valence-corrected chi connectivity index (χ2v) is 7.80. The molecule has 6 nitrogen and oxygen atoms in total. The van der Waals surface area contributed by atoms with E-state index in [1.807, 2.05) is 35.2 Å². The Labute approximate surface area is 178 Å². The summed E-state index contributed by atoms with van der Waals surface area (Å²) in [5, 5.41) is 17.5. The number of pyridine rings is 1. The maximum atomic E-state index is 12.5. The number of carbonyl (C=O) groups is 1. The third-order valence-corrected chi connectivity index (χ3v) is 5.39. The summed E-state index contributed by atoms with van der Waals surface area (Å²) < 4.78 is 0. The second kappa shape index (κ2) is 8.45. The van der Waals surface area contributed by atoms with Gasteiger partial charge >= 0.3 is 0 Å². The third-order valence-electron chi connectivity index (χ3n) is 4.84. The number of nitrogens with zero attached hydrogens (tertiary/aromatic N) is 2. The van der Waals surface area contributed by atoms with Crippen molar-refractivity contribution in [3.05, 3.63) is 58.6 Å². The Morgan fingerprint density at radius 3 is 2.83 bits per heavy atom. The number of halogens is 2. The summed E-state index contributed by atoms with van der Waals surface area (Å²) in [7, 11) is 0. The Hall–Kier alpha value is -2.54. The zero-order valence-electron chi connectivity index (χ0n) is 15.5. The molecule has 3 N–H and O–H groups in total. The smallest absolute Gasteiger partial charge is 0.243 e. The number of carbonyl (C=O) groups excluding carboxylic acids is 1.